The number of aromatic amines is 1. The van der Waals surface area contributed by atoms with Crippen molar-refractivity contribution in [2.45, 2.75) is 6.92 Å². The first-order valence-electron chi connectivity index (χ1n) is 5.44. The van der Waals surface area contributed by atoms with Crippen LogP contribution in [-0.4, -0.2) is 22.5 Å². The molecule has 0 aliphatic rings. The number of carbonyl (C=O) groups excluding carboxylic acids is 1. The molecule has 0 atom stereocenters. The minimum Gasteiger partial charge on any atom is -0.461 e. The molecule has 6 heteroatoms. The molecule has 0 aliphatic carbocycles. The maximum Gasteiger partial charge on any atom is 0.355 e. The number of anilines is 1. The van der Waals surface area contributed by atoms with Crippen molar-refractivity contribution in [2.24, 2.45) is 0 Å². The quantitative estimate of drug-likeness (QED) is 0.673. The molecule has 2 N–H and O–H groups in total. The maximum atomic E-state index is 11.6. The van der Waals surface area contributed by atoms with Gasteiger partial charge < -0.3 is 15.0 Å². The molecule has 1 heterocycles. The van der Waals surface area contributed by atoms with E-state index in [1.165, 1.54) is 4.99 Å². The third-order valence-electron chi connectivity index (χ3n) is 2.25. The molecule has 0 radical (unpaired) electrons. The molecule has 0 aliphatic heterocycles. The van der Waals surface area contributed by atoms with Gasteiger partial charge in [0, 0.05) is 4.99 Å². The number of hydrogen-bond acceptors (Lipinski definition) is 4. The Morgan fingerprint density at radius 3 is 3.00 bits per heavy atom. The van der Waals surface area contributed by atoms with E-state index in [0.29, 0.717) is 12.6 Å². The van der Waals surface area contributed by atoms with E-state index >= 15 is 0 Å². The number of para-hydroxylation sites is 2. The van der Waals surface area contributed by atoms with Gasteiger partial charge >= 0.3 is 5.97 Å². The van der Waals surface area contributed by atoms with E-state index < -0.39 is 5.97 Å². The van der Waals surface area contributed by atoms with Gasteiger partial charge in [-0.3, -0.25) is 0 Å². The Kier molecular flexibility index (Phi) is 3.99. The highest BCUT2D eigenvalue weighted by Crippen LogP contribution is 2.15. The van der Waals surface area contributed by atoms with Crippen LogP contribution in [0, 0.1) is 0 Å². The summed E-state index contributed by atoms with van der Waals surface area (Å²) in [5, 5.41) is 2.88. The van der Waals surface area contributed by atoms with Crippen LogP contribution in [0.5, 0.6) is 0 Å². The molecule has 94 valence electrons. The van der Waals surface area contributed by atoms with Gasteiger partial charge in [-0.2, -0.15) is 0 Å². The van der Waals surface area contributed by atoms with Crippen molar-refractivity contribution < 1.29 is 9.53 Å². The average molecular weight is 310 g/mol. The summed E-state index contributed by atoms with van der Waals surface area (Å²) in [6.07, 6.45) is 0. The van der Waals surface area contributed by atoms with E-state index in [1.54, 1.807) is 6.92 Å². The summed E-state index contributed by atoms with van der Waals surface area (Å²) in [5.41, 5.74) is 2.02. The lowest BCUT2D eigenvalue weighted by atomic mass is 10.3. The number of nitrogens with zero attached hydrogens (tertiary/aromatic N) is 1. The van der Waals surface area contributed by atoms with Crippen LogP contribution in [0.4, 0.5) is 5.95 Å². The summed E-state index contributed by atoms with van der Waals surface area (Å²) in [6.45, 7) is 2.08. The number of H-pyrrole nitrogens is 1. The first-order valence-corrected chi connectivity index (χ1v) is 6.35. The second kappa shape index (κ2) is 5.68. The number of nitrogens with one attached hydrogen (secondary N) is 2. The molecule has 1 aromatic heterocycles. The van der Waals surface area contributed by atoms with Crippen LogP contribution in [0.25, 0.3) is 11.0 Å². The zero-order valence-corrected chi connectivity index (χ0v) is 11.3. The standard InChI is InChI=1S/C12H12BrN3O2/c1-2-18-11(17)10(7-13)16-12-14-8-5-3-4-6-9(8)15-12/h3-7H,2H2,1H3,(H2,14,15,16)/b10-7+. The smallest absolute Gasteiger partial charge is 0.355 e. The van der Waals surface area contributed by atoms with Crippen LogP contribution in [0.2, 0.25) is 0 Å². The monoisotopic (exact) mass is 309 g/mol. The Hall–Kier alpha value is -1.82. The molecule has 2 rings (SSSR count). The first-order chi connectivity index (χ1) is 8.74. The van der Waals surface area contributed by atoms with Crippen molar-refractivity contribution in [3.8, 4) is 0 Å². The summed E-state index contributed by atoms with van der Waals surface area (Å²) < 4.78 is 4.90. The number of ether oxygens (including phenoxy) is 1. The number of rotatable bonds is 4. The van der Waals surface area contributed by atoms with Crippen LogP contribution in [0.1, 0.15) is 6.92 Å². The number of esters is 1. The fourth-order valence-corrected chi connectivity index (χ4v) is 1.77. The van der Waals surface area contributed by atoms with Crippen molar-refractivity contribution in [1.82, 2.24) is 9.97 Å². The Balaban J connectivity index is 2.19. The van der Waals surface area contributed by atoms with E-state index in [4.69, 9.17) is 4.74 Å². The summed E-state index contributed by atoms with van der Waals surface area (Å²) in [6, 6.07) is 7.62. The number of aromatic nitrogens is 2. The Labute approximate surface area is 112 Å². The first kappa shape index (κ1) is 12.6. The predicted octanol–water partition coefficient (Wildman–Crippen LogP) is 2.77. The van der Waals surface area contributed by atoms with Crippen LogP contribution in [-0.2, 0) is 9.53 Å². The van der Waals surface area contributed by atoms with Gasteiger partial charge in [-0.25, -0.2) is 9.78 Å². The van der Waals surface area contributed by atoms with Crippen LogP contribution < -0.4 is 5.32 Å². The number of halogens is 1. The normalized spacial score (nSPS) is 11.6. The van der Waals surface area contributed by atoms with Gasteiger partial charge in [-0.15, -0.1) is 0 Å². The number of benzene rings is 1. The molecule has 0 fully saturated rings. The molecule has 0 unspecified atom stereocenters. The number of fused-ring (bicyclic) bond motifs is 1. The third kappa shape index (κ3) is 2.70. The van der Waals surface area contributed by atoms with Crippen molar-refractivity contribution in [3.05, 3.63) is 34.9 Å². The highest BCUT2D eigenvalue weighted by atomic mass is 79.9. The summed E-state index contributed by atoms with van der Waals surface area (Å²) in [7, 11) is 0. The summed E-state index contributed by atoms with van der Waals surface area (Å²) >= 11 is 3.12. The van der Waals surface area contributed by atoms with E-state index in [2.05, 4.69) is 31.2 Å². The predicted molar refractivity (Wildman–Crippen MR) is 73.4 cm³/mol. The lowest BCUT2D eigenvalue weighted by Gasteiger charge is -2.06. The van der Waals surface area contributed by atoms with Gasteiger partial charge in [-0.05, 0) is 19.1 Å². The number of hydrogen-bond donors (Lipinski definition) is 2. The van der Waals surface area contributed by atoms with E-state index in [-0.39, 0.29) is 5.70 Å². The van der Waals surface area contributed by atoms with Gasteiger partial charge in [0.1, 0.15) is 5.70 Å². The van der Waals surface area contributed by atoms with Gasteiger partial charge in [0.15, 0.2) is 0 Å². The lowest BCUT2D eigenvalue weighted by molar-refractivity contribution is -0.138. The van der Waals surface area contributed by atoms with Crippen molar-refractivity contribution in [1.29, 1.82) is 0 Å². The minimum absolute atomic E-state index is 0.288. The average Bonchev–Trinajstić information content (AvgIpc) is 2.78. The molecule has 5 nitrogen and oxygen atoms in total. The fraction of sp³-hybridized carbons (Fsp3) is 0.167. The maximum absolute atomic E-state index is 11.6. The fourth-order valence-electron chi connectivity index (χ4n) is 1.47. The highest BCUT2D eigenvalue weighted by molar-refractivity contribution is 9.11. The Morgan fingerprint density at radius 1 is 1.56 bits per heavy atom. The Morgan fingerprint density at radius 2 is 2.33 bits per heavy atom. The summed E-state index contributed by atoms with van der Waals surface area (Å²) in [5.74, 6) is 0.0600. The molecule has 0 saturated heterocycles. The van der Waals surface area contributed by atoms with Crippen molar-refractivity contribution >= 4 is 38.9 Å². The van der Waals surface area contributed by atoms with Gasteiger partial charge in [-0.1, -0.05) is 28.1 Å². The largest absolute Gasteiger partial charge is 0.461 e. The van der Waals surface area contributed by atoms with E-state index in [0.717, 1.165) is 11.0 Å². The van der Waals surface area contributed by atoms with Gasteiger partial charge in [0.25, 0.3) is 0 Å². The lowest BCUT2D eigenvalue weighted by Crippen LogP contribution is -2.14. The molecule has 2 aromatic rings. The SMILES string of the molecule is CCOC(=O)/C(=C\Br)Nc1nc2ccccc2[nH]1. The molecular formula is C12H12BrN3O2. The molecule has 0 saturated carbocycles. The molecule has 18 heavy (non-hydrogen) atoms. The minimum atomic E-state index is -0.435. The third-order valence-corrected chi connectivity index (χ3v) is 2.70. The molecular weight excluding hydrogens is 298 g/mol. The number of carbonyl (C=O) groups is 1. The van der Waals surface area contributed by atoms with Gasteiger partial charge in [0.05, 0.1) is 17.6 Å². The van der Waals surface area contributed by atoms with Gasteiger partial charge in [0.2, 0.25) is 5.95 Å². The molecule has 0 amide bonds. The summed E-state index contributed by atoms with van der Waals surface area (Å²) in [4.78, 5) is 20.4. The molecule has 1 aromatic carbocycles. The molecule has 0 bridgehead atoms. The van der Waals surface area contributed by atoms with Crippen LogP contribution >= 0.6 is 15.9 Å². The molecule has 0 spiro atoms. The van der Waals surface area contributed by atoms with Crippen LogP contribution in [0.3, 0.4) is 0 Å². The van der Waals surface area contributed by atoms with Crippen LogP contribution in [0.15, 0.2) is 34.9 Å². The second-order valence-electron chi connectivity index (χ2n) is 3.47. The van der Waals surface area contributed by atoms with Crippen molar-refractivity contribution in [3.63, 3.8) is 0 Å². The topological polar surface area (TPSA) is 67.0 Å². The van der Waals surface area contributed by atoms with E-state index in [1.807, 2.05) is 24.3 Å². The zero-order valence-electron chi connectivity index (χ0n) is 9.74. The second-order valence-corrected chi connectivity index (χ2v) is 3.93. The highest BCUT2D eigenvalue weighted by Gasteiger charge is 2.12. The Bertz CT molecular complexity index is 559. The van der Waals surface area contributed by atoms with E-state index in [9.17, 15) is 4.79 Å². The zero-order chi connectivity index (χ0) is 13.0. The van der Waals surface area contributed by atoms with Crippen molar-refractivity contribution in [2.75, 3.05) is 11.9 Å². The number of imidazole rings is 1.